The van der Waals surface area contributed by atoms with E-state index in [9.17, 15) is 0 Å². The number of benzene rings is 1. The van der Waals surface area contributed by atoms with E-state index in [-0.39, 0.29) is 50.7 Å². The minimum absolute atomic E-state index is 0. The summed E-state index contributed by atoms with van der Waals surface area (Å²) in [7, 11) is 0. The van der Waals surface area contributed by atoms with Crippen molar-refractivity contribution in [2.45, 2.75) is 13.2 Å². The molecule has 2 N–H and O–H groups in total. The van der Waals surface area contributed by atoms with Crippen molar-refractivity contribution >= 4 is 0 Å². The number of aromatic amines is 1. The average molecular weight is 441 g/mol. The molecule has 5 heteroatoms. The van der Waals surface area contributed by atoms with Gasteiger partial charge in [-0.3, -0.25) is 0 Å². The maximum absolute atomic E-state index is 9.08. The molecule has 0 unspecified atom stereocenters. The fraction of sp³-hybridized carbons (Fsp3) is 0.167. The molecule has 1 aromatic carbocycles. The summed E-state index contributed by atoms with van der Waals surface area (Å²) in [6, 6.07) is 9.50. The van der Waals surface area contributed by atoms with Crippen molar-refractivity contribution in [2.75, 3.05) is 0 Å². The molecular weight excluding hydrogens is 429 g/mol. The van der Waals surface area contributed by atoms with Gasteiger partial charge in [0, 0.05) is 44.1 Å². The van der Waals surface area contributed by atoms with Crippen molar-refractivity contribution in [3.05, 3.63) is 53.6 Å². The second-order valence-electron chi connectivity index (χ2n) is 3.53. The van der Waals surface area contributed by atoms with Gasteiger partial charge in [-0.1, -0.05) is 12.1 Å². The van der Waals surface area contributed by atoms with E-state index in [0.717, 1.165) is 11.3 Å². The number of hydrogen-bond acceptors (Lipinski definition) is 2. The minimum Gasteiger partial charge on any atom is -0.388 e. The first-order valence-corrected chi connectivity index (χ1v) is 4.98. The number of nitrogens with one attached hydrogen (secondary N) is 1. The smallest absolute Gasteiger partial charge is 0.242 e. The molecule has 0 atom stereocenters. The topological polar surface area (TPSA) is 63.7 Å². The van der Waals surface area contributed by atoms with E-state index in [1.165, 1.54) is 0 Å². The van der Waals surface area contributed by atoms with E-state index in [4.69, 9.17) is 10.4 Å². The Morgan fingerprint density at radius 2 is 2.00 bits per heavy atom. The summed E-state index contributed by atoms with van der Waals surface area (Å²) in [5, 5.41) is 17.8. The summed E-state index contributed by atoms with van der Waals surface area (Å²) in [6.07, 6.45) is 3.58. The molecule has 0 aliphatic carbocycles. The standard InChI is InChI=1S/C12H11N3O.Ac/c13-5-10-1-3-11(4-2-10)7-15-9-14-6-12(15)8-16;/h1-4,6,9,16H,7-8H2;/p+1. The van der Waals surface area contributed by atoms with Crippen LogP contribution >= 0.6 is 0 Å². The molecule has 0 amide bonds. The van der Waals surface area contributed by atoms with Crippen LogP contribution in [-0.4, -0.2) is 10.1 Å². The number of nitriles is 1. The van der Waals surface area contributed by atoms with Gasteiger partial charge in [-0.05, 0) is 17.7 Å². The molecule has 2 aromatic rings. The van der Waals surface area contributed by atoms with Gasteiger partial charge in [0.25, 0.3) is 0 Å². The third-order valence-electron chi connectivity index (χ3n) is 2.45. The number of H-pyrrole nitrogens is 1. The van der Waals surface area contributed by atoms with Gasteiger partial charge in [0.15, 0.2) is 5.69 Å². The van der Waals surface area contributed by atoms with Crippen LogP contribution in [0.25, 0.3) is 0 Å². The summed E-state index contributed by atoms with van der Waals surface area (Å²) < 4.78 is 1.93. The fourth-order valence-corrected chi connectivity index (χ4v) is 1.55. The number of hydrogen-bond donors (Lipinski definition) is 2. The maximum Gasteiger partial charge on any atom is 0.242 e. The summed E-state index contributed by atoms with van der Waals surface area (Å²) in [4.78, 5) is 2.94. The zero-order valence-electron chi connectivity index (χ0n) is 9.30. The number of rotatable bonds is 3. The Kier molecular flexibility index (Phi) is 5.85. The van der Waals surface area contributed by atoms with Crippen LogP contribution in [-0.2, 0) is 13.2 Å². The molecule has 2 rings (SSSR count). The van der Waals surface area contributed by atoms with Crippen molar-refractivity contribution in [3.63, 3.8) is 0 Å². The van der Waals surface area contributed by atoms with Gasteiger partial charge < -0.3 is 5.11 Å². The van der Waals surface area contributed by atoms with Crippen LogP contribution < -0.4 is 4.57 Å². The Morgan fingerprint density at radius 3 is 2.59 bits per heavy atom. The molecular formula is C12H12AcN3O+. The van der Waals surface area contributed by atoms with Gasteiger partial charge in [-0.25, -0.2) is 9.55 Å². The van der Waals surface area contributed by atoms with Crippen molar-refractivity contribution in [2.24, 2.45) is 0 Å². The van der Waals surface area contributed by atoms with E-state index in [1.54, 1.807) is 18.3 Å². The van der Waals surface area contributed by atoms with E-state index >= 15 is 0 Å². The second-order valence-corrected chi connectivity index (χ2v) is 3.53. The monoisotopic (exact) mass is 441 g/mol. The molecule has 1 radical (unpaired) electrons. The first-order chi connectivity index (χ1) is 7.83. The Labute approximate surface area is 135 Å². The Bertz CT molecular complexity index is 513. The third-order valence-corrected chi connectivity index (χ3v) is 2.45. The molecule has 17 heavy (non-hydrogen) atoms. The normalized spacial score (nSPS) is 9.41. The molecule has 0 saturated carbocycles. The predicted octanol–water partition coefficient (Wildman–Crippen LogP) is 0.714. The Morgan fingerprint density at radius 1 is 1.29 bits per heavy atom. The Hall–Kier alpha value is -0.678. The average Bonchev–Trinajstić information content (AvgIpc) is 2.77. The molecule has 83 valence electrons. The summed E-state index contributed by atoms with van der Waals surface area (Å²) in [5.74, 6) is 0. The zero-order valence-corrected chi connectivity index (χ0v) is 14.0. The number of aromatic nitrogens is 2. The van der Waals surface area contributed by atoms with Gasteiger partial charge >= 0.3 is 0 Å². The van der Waals surface area contributed by atoms with E-state index < -0.39 is 0 Å². The van der Waals surface area contributed by atoms with Crippen molar-refractivity contribution < 1.29 is 53.7 Å². The first kappa shape index (κ1) is 14.4. The molecule has 0 aliphatic rings. The molecule has 0 aliphatic heterocycles. The largest absolute Gasteiger partial charge is 0.388 e. The van der Waals surface area contributed by atoms with Crippen LogP contribution in [0, 0.1) is 55.4 Å². The Balaban J connectivity index is 0.00000144. The van der Waals surface area contributed by atoms with Crippen LogP contribution in [0.3, 0.4) is 0 Å². The molecule has 1 aromatic heterocycles. The van der Waals surface area contributed by atoms with Crippen molar-refractivity contribution in [1.29, 1.82) is 5.26 Å². The number of aliphatic hydroxyl groups excluding tert-OH is 1. The van der Waals surface area contributed by atoms with Crippen LogP contribution in [0.2, 0.25) is 0 Å². The van der Waals surface area contributed by atoms with Crippen LogP contribution in [0.4, 0.5) is 0 Å². The van der Waals surface area contributed by atoms with Gasteiger partial charge in [0.1, 0.15) is 19.3 Å². The number of imidazole rings is 1. The second kappa shape index (κ2) is 6.91. The van der Waals surface area contributed by atoms with E-state index in [1.807, 2.05) is 23.0 Å². The quantitative estimate of drug-likeness (QED) is 0.690. The fourth-order valence-electron chi connectivity index (χ4n) is 1.55. The van der Waals surface area contributed by atoms with Crippen LogP contribution in [0.5, 0.6) is 0 Å². The minimum atomic E-state index is 0. The van der Waals surface area contributed by atoms with E-state index in [0.29, 0.717) is 12.1 Å². The number of aliphatic hydroxyl groups is 1. The SMILES string of the molecule is N#Cc1ccc(C[n+]2c[nH]cc2CO)cc1.[Ac]. The maximum atomic E-state index is 9.08. The van der Waals surface area contributed by atoms with Crippen molar-refractivity contribution in [1.82, 2.24) is 4.98 Å². The van der Waals surface area contributed by atoms with Crippen molar-refractivity contribution in [3.8, 4) is 6.07 Å². The molecule has 0 fully saturated rings. The summed E-state index contributed by atoms with van der Waals surface area (Å²) in [5.41, 5.74) is 2.59. The van der Waals surface area contributed by atoms with Crippen LogP contribution in [0.1, 0.15) is 16.8 Å². The third kappa shape index (κ3) is 3.64. The van der Waals surface area contributed by atoms with Gasteiger partial charge in [0.05, 0.1) is 11.6 Å². The molecule has 0 bridgehead atoms. The summed E-state index contributed by atoms with van der Waals surface area (Å²) in [6.45, 7) is 0.699. The zero-order chi connectivity index (χ0) is 11.4. The first-order valence-electron chi connectivity index (χ1n) is 4.98. The number of nitrogens with zero attached hydrogens (tertiary/aromatic N) is 2. The molecule has 1 heterocycles. The van der Waals surface area contributed by atoms with E-state index in [2.05, 4.69) is 11.1 Å². The van der Waals surface area contributed by atoms with Gasteiger partial charge in [-0.2, -0.15) is 5.26 Å². The van der Waals surface area contributed by atoms with Gasteiger partial charge in [-0.15, -0.1) is 0 Å². The summed E-state index contributed by atoms with van der Waals surface area (Å²) >= 11 is 0. The molecule has 0 saturated heterocycles. The molecule has 0 spiro atoms. The predicted molar refractivity (Wildman–Crippen MR) is 57.2 cm³/mol. The van der Waals surface area contributed by atoms with Crippen LogP contribution in [0.15, 0.2) is 36.8 Å². The van der Waals surface area contributed by atoms with Gasteiger partial charge in [0.2, 0.25) is 6.33 Å². The molecule has 4 nitrogen and oxygen atoms in total.